The molecule has 2 rings (SSSR count). The van der Waals surface area contributed by atoms with E-state index in [9.17, 15) is 0 Å². The molecule has 8 heteroatoms. The maximum atomic E-state index is 4.68. The van der Waals surface area contributed by atoms with Gasteiger partial charge in [0, 0.05) is 15.0 Å². The number of fused-ring (bicyclic) bond motifs is 1. The van der Waals surface area contributed by atoms with E-state index in [4.69, 9.17) is 0 Å². The van der Waals surface area contributed by atoms with Crippen LogP contribution in [0, 0.1) is 0 Å². The number of benzene rings is 1. The highest BCUT2D eigenvalue weighted by Crippen LogP contribution is 2.42. The van der Waals surface area contributed by atoms with E-state index in [1.54, 1.807) is 0 Å². The zero-order valence-corrected chi connectivity index (χ0v) is 18.7. The second-order valence-corrected chi connectivity index (χ2v) is 8.13. The molecular formula is C14H18Br4N4. The molecule has 0 aliphatic heterocycles. The van der Waals surface area contributed by atoms with Gasteiger partial charge in [0.1, 0.15) is 5.52 Å². The molecule has 0 fully saturated rings. The molecule has 0 saturated heterocycles. The second kappa shape index (κ2) is 8.46. The van der Waals surface area contributed by atoms with Gasteiger partial charge in [-0.25, -0.2) is 4.98 Å². The van der Waals surface area contributed by atoms with Crippen molar-refractivity contribution in [1.29, 1.82) is 0 Å². The summed E-state index contributed by atoms with van der Waals surface area (Å²) in [6.07, 6.45) is 2.12. The predicted molar refractivity (Wildman–Crippen MR) is 108 cm³/mol. The fraction of sp³-hybridized carbons (Fsp3) is 0.500. The summed E-state index contributed by atoms with van der Waals surface area (Å²) < 4.78 is 3.80. The predicted octanol–water partition coefficient (Wildman–Crippen LogP) is 5.80. The van der Waals surface area contributed by atoms with Gasteiger partial charge < -0.3 is 15.6 Å². The van der Waals surface area contributed by atoms with Crippen molar-refractivity contribution in [2.45, 2.75) is 32.7 Å². The fourth-order valence-corrected chi connectivity index (χ4v) is 4.48. The van der Waals surface area contributed by atoms with Crippen molar-refractivity contribution in [3.05, 3.63) is 17.9 Å². The van der Waals surface area contributed by atoms with Crippen molar-refractivity contribution in [2.24, 2.45) is 0 Å². The van der Waals surface area contributed by atoms with Gasteiger partial charge in [0.05, 0.1) is 14.5 Å². The molecule has 1 aromatic carbocycles. The summed E-state index contributed by atoms with van der Waals surface area (Å²) in [7, 11) is 0. The number of anilines is 1. The van der Waals surface area contributed by atoms with Gasteiger partial charge in [-0.3, -0.25) is 0 Å². The van der Waals surface area contributed by atoms with Crippen LogP contribution < -0.4 is 10.6 Å². The first-order valence-electron chi connectivity index (χ1n) is 7.18. The van der Waals surface area contributed by atoms with E-state index < -0.39 is 0 Å². The Morgan fingerprint density at radius 2 is 1.73 bits per heavy atom. The van der Waals surface area contributed by atoms with Crippen LogP contribution in [0.15, 0.2) is 17.9 Å². The normalized spacial score (nSPS) is 12.8. The molecule has 1 atom stereocenters. The number of hydrogen-bond acceptors (Lipinski definition) is 3. The van der Waals surface area contributed by atoms with Crippen LogP contribution in [0.4, 0.5) is 5.95 Å². The summed E-state index contributed by atoms with van der Waals surface area (Å²) in [6.45, 7) is 6.32. The van der Waals surface area contributed by atoms with Crippen LogP contribution in [-0.2, 0) is 0 Å². The first-order chi connectivity index (χ1) is 10.5. The largest absolute Gasteiger partial charge is 0.353 e. The van der Waals surface area contributed by atoms with Gasteiger partial charge in [0.15, 0.2) is 0 Å². The van der Waals surface area contributed by atoms with Gasteiger partial charge in [0.2, 0.25) is 5.95 Å². The molecular weight excluding hydrogens is 544 g/mol. The topological polar surface area (TPSA) is 52.7 Å². The van der Waals surface area contributed by atoms with Crippen LogP contribution in [0.5, 0.6) is 0 Å². The summed E-state index contributed by atoms with van der Waals surface area (Å²) in [5, 5.41) is 6.85. The quantitative estimate of drug-likeness (QED) is 0.227. The number of aromatic amines is 1. The van der Waals surface area contributed by atoms with Crippen LogP contribution in [0.1, 0.15) is 26.7 Å². The molecule has 1 unspecified atom stereocenters. The first-order valence-corrected chi connectivity index (χ1v) is 10.4. The van der Waals surface area contributed by atoms with Gasteiger partial charge >= 0.3 is 0 Å². The van der Waals surface area contributed by atoms with Crippen molar-refractivity contribution in [2.75, 3.05) is 18.4 Å². The Labute approximate surface area is 164 Å². The van der Waals surface area contributed by atoms with E-state index in [2.05, 4.69) is 98.2 Å². The highest BCUT2D eigenvalue weighted by atomic mass is 79.9. The molecule has 0 amide bonds. The Bertz CT molecular complexity index is 611. The van der Waals surface area contributed by atoms with Crippen LogP contribution in [0.25, 0.3) is 11.0 Å². The van der Waals surface area contributed by atoms with E-state index in [1.165, 1.54) is 0 Å². The minimum absolute atomic E-state index is 0.393. The van der Waals surface area contributed by atoms with Crippen molar-refractivity contribution in [3.63, 3.8) is 0 Å². The molecule has 0 bridgehead atoms. The molecule has 122 valence electrons. The molecule has 0 aliphatic carbocycles. The smallest absolute Gasteiger partial charge is 0.201 e. The zero-order valence-electron chi connectivity index (χ0n) is 12.4. The number of nitrogens with zero attached hydrogens (tertiary/aromatic N) is 1. The summed E-state index contributed by atoms with van der Waals surface area (Å²) >= 11 is 14.3. The van der Waals surface area contributed by atoms with Crippen LogP contribution in [0.2, 0.25) is 0 Å². The minimum Gasteiger partial charge on any atom is -0.353 e. The first kappa shape index (κ1) is 18.7. The van der Waals surface area contributed by atoms with Gasteiger partial charge in [0.25, 0.3) is 0 Å². The van der Waals surface area contributed by atoms with E-state index in [0.29, 0.717) is 6.04 Å². The number of H-pyrrole nitrogens is 1. The minimum atomic E-state index is 0.393. The highest BCUT2D eigenvalue weighted by molar-refractivity contribution is 9.15. The molecule has 2 aromatic rings. The van der Waals surface area contributed by atoms with Crippen LogP contribution >= 0.6 is 63.7 Å². The molecule has 0 radical (unpaired) electrons. The van der Waals surface area contributed by atoms with Crippen molar-refractivity contribution < 1.29 is 0 Å². The van der Waals surface area contributed by atoms with E-state index in [1.807, 2.05) is 0 Å². The number of halogens is 4. The zero-order chi connectivity index (χ0) is 16.3. The number of aromatic nitrogens is 2. The average Bonchev–Trinajstić information content (AvgIpc) is 2.94. The van der Waals surface area contributed by atoms with Crippen LogP contribution in [-0.4, -0.2) is 29.1 Å². The Hall–Kier alpha value is 0.370. The molecule has 0 saturated carbocycles. The van der Waals surface area contributed by atoms with Crippen molar-refractivity contribution >= 4 is 80.7 Å². The highest BCUT2D eigenvalue weighted by Gasteiger charge is 2.18. The summed E-state index contributed by atoms with van der Waals surface area (Å²) in [4.78, 5) is 8.03. The molecule has 0 aliphatic rings. The van der Waals surface area contributed by atoms with E-state index in [-0.39, 0.29) is 0 Å². The van der Waals surface area contributed by atoms with Gasteiger partial charge in [-0.05, 0) is 89.7 Å². The number of rotatable bonds is 7. The number of nitrogens with one attached hydrogen (secondary N) is 3. The third-order valence-corrected chi connectivity index (χ3v) is 8.21. The fourth-order valence-electron chi connectivity index (χ4n) is 2.19. The lowest BCUT2D eigenvalue weighted by molar-refractivity contribution is 0.582. The van der Waals surface area contributed by atoms with Crippen molar-refractivity contribution in [1.82, 2.24) is 15.3 Å². The van der Waals surface area contributed by atoms with E-state index in [0.717, 1.165) is 60.8 Å². The third kappa shape index (κ3) is 4.06. The Balaban J connectivity index is 2.26. The lowest BCUT2D eigenvalue weighted by atomic mass is 10.1. The lowest BCUT2D eigenvalue weighted by Crippen LogP contribution is -2.25. The molecule has 22 heavy (non-hydrogen) atoms. The maximum absolute atomic E-state index is 4.68. The van der Waals surface area contributed by atoms with E-state index >= 15 is 0 Å². The standard InChI is InChI=1S/C14H18Br4N4/c1-3-7(5-6-19-4-2)20-14-21-12-10(17)8(15)9(16)11(18)13(12)22-14/h7,19H,3-6H2,1-2H3,(H2,20,21,22). The SMILES string of the molecule is CCNCCC(CC)Nc1nc2c(Br)c(Br)c(Br)c(Br)c2[nH]1. The molecule has 1 heterocycles. The van der Waals surface area contributed by atoms with Gasteiger partial charge in [-0.15, -0.1) is 0 Å². The van der Waals surface area contributed by atoms with Gasteiger partial charge in [-0.2, -0.15) is 0 Å². The Kier molecular flexibility index (Phi) is 7.20. The summed E-state index contributed by atoms with van der Waals surface area (Å²) in [5.74, 6) is 0.796. The van der Waals surface area contributed by atoms with Gasteiger partial charge in [-0.1, -0.05) is 13.8 Å². The second-order valence-electron chi connectivity index (χ2n) is 4.96. The van der Waals surface area contributed by atoms with Crippen LogP contribution in [0.3, 0.4) is 0 Å². The molecule has 3 N–H and O–H groups in total. The lowest BCUT2D eigenvalue weighted by Gasteiger charge is -2.16. The maximum Gasteiger partial charge on any atom is 0.201 e. The summed E-state index contributed by atoms with van der Waals surface area (Å²) in [5.41, 5.74) is 1.86. The molecule has 0 spiro atoms. The number of imidazole rings is 1. The average molecular weight is 562 g/mol. The molecule has 4 nitrogen and oxygen atoms in total. The monoisotopic (exact) mass is 558 g/mol. The molecule has 1 aromatic heterocycles. The Morgan fingerprint density at radius 1 is 1.05 bits per heavy atom. The summed E-state index contributed by atoms with van der Waals surface area (Å²) in [6, 6.07) is 0.393. The third-order valence-electron chi connectivity index (χ3n) is 3.46. The van der Waals surface area contributed by atoms with Crippen molar-refractivity contribution in [3.8, 4) is 0 Å². The number of hydrogen-bond donors (Lipinski definition) is 3. The Morgan fingerprint density at radius 3 is 2.36 bits per heavy atom.